The molecule has 4 nitrogen and oxygen atoms in total. The number of nitrogens with one attached hydrogen (secondary N) is 1. The van der Waals surface area contributed by atoms with Crippen LogP contribution in [-0.4, -0.2) is 31.9 Å². The predicted molar refractivity (Wildman–Crippen MR) is 70.3 cm³/mol. The summed E-state index contributed by atoms with van der Waals surface area (Å²) in [6, 6.07) is 0. The fraction of sp³-hybridized carbons (Fsp3) is 0.750. The maximum absolute atomic E-state index is 5.50. The summed E-state index contributed by atoms with van der Waals surface area (Å²) in [7, 11) is 1.70. The molecule has 0 amide bonds. The van der Waals surface area contributed by atoms with E-state index in [0.717, 1.165) is 49.8 Å². The first-order valence-corrected chi connectivity index (χ1v) is 6.95. The van der Waals surface area contributed by atoms with Gasteiger partial charge in [-0.05, 0) is 19.4 Å². The minimum Gasteiger partial charge on any atom is -0.385 e. The second kappa shape index (κ2) is 9.53. The van der Waals surface area contributed by atoms with E-state index in [1.165, 1.54) is 0 Å². The lowest BCUT2D eigenvalue weighted by Gasteiger charge is -2.01. The van der Waals surface area contributed by atoms with Crippen LogP contribution in [0.15, 0.2) is 5.38 Å². The summed E-state index contributed by atoms with van der Waals surface area (Å²) in [5, 5.41) is 6.54. The van der Waals surface area contributed by atoms with Gasteiger partial charge in [-0.1, -0.05) is 6.92 Å². The molecule has 98 valence electrons. The van der Waals surface area contributed by atoms with Gasteiger partial charge in [-0.3, -0.25) is 0 Å². The predicted octanol–water partition coefficient (Wildman–Crippen LogP) is 2.20. The van der Waals surface area contributed by atoms with Crippen molar-refractivity contribution in [1.82, 2.24) is 10.3 Å². The number of ether oxygens (including phenoxy) is 2. The van der Waals surface area contributed by atoms with Crippen LogP contribution < -0.4 is 5.32 Å². The van der Waals surface area contributed by atoms with Crippen LogP contribution in [0.5, 0.6) is 0 Å². The van der Waals surface area contributed by atoms with Crippen LogP contribution >= 0.6 is 11.3 Å². The molecule has 0 bridgehead atoms. The monoisotopic (exact) mass is 258 g/mol. The standard InChI is InChI=1S/C12H22N2O2S/c1-3-5-13-8-12-14-11(10-17-12)9-16-7-4-6-15-2/h10,13H,3-9H2,1-2H3. The number of methoxy groups -OCH3 is 1. The maximum atomic E-state index is 5.50. The van der Waals surface area contributed by atoms with Crippen molar-refractivity contribution in [2.24, 2.45) is 0 Å². The van der Waals surface area contributed by atoms with E-state index in [1.54, 1.807) is 18.4 Å². The summed E-state index contributed by atoms with van der Waals surface area (Å²) in [6.07, 6.45) is 2.09. The molecule has 1 rings (SSSR count). The smallest absolute Gasteiger partial charge is 0.107 e. The molecule has 0 spiro atoms. The van der Waals surface area contributed by atoms with E-state index in [2.05, 4.69) is 22.6 Å². The lowest BCUT2D eigenvalue weighted by atomic mass is 10.4. The average Bonchev–Trinajstić information content (AvgIpc) is 2.77. The Balaban J connectivity index is 2.12. The molecule has 0 unspecified atom stereocenters. The normalized spacial score (nSPS) is 10.9. The van der Waals surface area contributed by atoms with Crippen LogP contribution in [-0.2, 0) is 22.6 Å². The fourth-order valence-electron chi connectivity index (χ4n) is 1.35. The Morgan fingerprint density at radius 2 is 2.29 bits per heavy atom. The van der Waals surface area contributed by atoms with Crippen molar-refractivity contribution in [2.75, 3.05) is 26.9 Å². The first-order valence-electron chi connectivity index (χ1n) is 6.07. The van der Waals surface area contributed by atoms with Gasteiger partial charge in [0.15, 0.2) is 0 Å². The van der Waals surface area contributed by atoms with Gasteiger partial charge in [-0.2, -0.15) is 0 Å². The molecule has 0 saturated carbocycles. The Kier molecular flexibility index (Phi) is 8.17. The number of hydrogen-bond donors (Lipinski definition) is 1. The SMILES string of the molecule is CCCNCc1nc(COCCCOC)cs1. The number of thiazole rings is 1. The molecule has 1 N–H and O–H groups in total. The van der Waals surface area contributed by atoms with Gasteiger partial charge >= 0.3 is 0 Å². The van der Waals surface area contributed by atoms with Crippen molar-refractivity contribution in [3.05, 3.63) is 16.1 Å². The van der Waals surface area contributed by atoms with Crippen molar-refractivity contribution >= 4 is 11.3 Å². The summed E-state index contributed by atoms with van der Waals surface area (Å²) in [5.74, 6) is 0. The van der Waals surface area contributed by atoms with Gasteiger partial charge in [0, 0.05) is 32.2 Å². The van der Waals surface area contributed by atoms with E-state index >= 15 is 0 Å². The summed E-state index contributed by atoms with van der Waals surface area (Å²) < 4.78 is 10.5. The molecule has 0 aliphatic heterocycles. The molecule has 0 aromatic carbocycles. The minimum absolute atomic E-state index is 0.605. The molecule has 1 aromatic heterocycles. The van der Waals surface area contributed by atoms with Crippen molar-refractivity contribution in [2.45, 2.75) is 32.9 Å². The highest BCUT2D eigenvalue weighted by Crippen LogP contribution is 2.10. The van der Waals surface area contributed by atoms with Gasteiger partial charge in [-0.25, -0.2) is 4.98 Å². The number of nitrogens with zero attached hydrogens (tertiary/aromatic N) is 1. The second-order valence-electron chi connectivity index (χ2n) is 3.81. The van der Waals surface area contributed by atoms with Gasteiger partial charge in [0.1, 0.15) is 5.01 Å². The highest BCUT2D eigenvalue weighted by molar-refractivity contribution is 7.09. The third-order valence-corrected chi connectivity index (χ3v) is 3.09. The zero-order valence-electron chi connectivity index (χ0n) is 10.7. The Bertz CT molecular complexity index is 292. The van der Waals surface area contributed by atoms with Crippen molar-refractivity contribution in [3.8, 4) is 0 Å². The largest absolute Gasteiger partial charge is 0.385 e. The van der Waals surface area contributed by atoms with E-state index in [-0.39, 0.29) is 0 Å². The molecule has 0 aliphatic rings. The third kappa shape index (κ3) is 6.73. The molecule has 0 aliphatic carbocycles. The molecular formula is C12H22N2O2S. The molecule has 0 radical (unpaired) electrons. The molecule has 0 saturated heterocycles. The molecule has 0 atom stereocenters. The Hall–Kier alpha value is -0.490. The highest BCUT2D eigenvalue weighted by atomic mass is 32.1. The first kappa shape index (κ1) is 14.6. The van der Waals surface area contributed by atoms with Crippen LogP contribution in [0.25, 0.3) is 0 Å². The lowest BCUT2D eigenvalue weighted by molar-refractivity contribution is 0.0912. The molecule has 1 heterocycles. The summed E-state index contributed by atoms with van der Waals surface area (Å²) in [5.41, 5.74) is 1.03. The van der Waals surface area contributed by atoms with E-state index in [9.17, 15) is 0 Å². The quantitative estimate of drug-likeness (QED) is 0.653. The van der Waals surface area contributed by atoms with Crippen molar-refractivity contribution in [1.29, 1.82) is 0 Å². The zero-order chi connectivity index (χ0) is 12.3. The fourth-order valence-corrected chi connectivity index (χ4v) is 2.10. The second-order valence-corrected chi connectivity index (χ2v) is 4.75. The van der Waals surface area contributed by atoms with Crippen molar-refractivity contribution in [3.63, 3.8) is 0 Å². The van der Waals surface area contributed by atoms with Crippen molar-refractivity contribution < 1.29 is 9.47 Å². The topological polar surface area (TPSA) is 43.4 Å². The van der Waals surface area contributed by atoms with E-state index in [4.69, 9.17) is 9.47 Å². The van der Waals surface area contributed by atoms with E-state index in [1.807, 2.05) is 0 Å². The van der Waals surface area contributed by atoms with Gasteiger partial charge < -0.3 is 14.8 Å². The Labute approximate surface area is 107 Å². The van der Waals surface area contributed by atoms with Crippen LogP contribution in [0.2, 0.25) is 0 Å². The van der Waals surface area contributed by atoms with E-state index < -0.39 is 0 Å². The Morgan fingerprint density at radius 1 is 1.41 bits per heavy atom. The summed E-state index contributed by atoms with van der Waals surface area (Å²) in [6.45, 7) is 6.16. The van der Waals surface area contributed by atoms with Gasteiger partial charge in [0.05, 0.1) is 12.3 Å². The summed E-state index contributed by atoms with van der Waals surface area (Å²) >= 11 is 1.69. The molecule has 17 heavy (non-hydrogen) atoms. The summed E-state index contributed by atoms with van der Waals surface area (Å²) in [4.78, 5) is 4.50. The van der Waals surface area contributed by atoms with Crippen LogP contribution in [0, 0.1) is 0 Å². The first-order chi connectivity index (χ1) is 8.36. The van der Waals surface area contributed by atoms with Crippen LogP contribution in [0.1, 0.15) is 30.5 Å². The minimum atomic E-state index is 0.605. The number of aromatic nitrogens is 1. The van der Waals surface area contributed by atoms with Gasteiger partial charge in [0.2, 0.25) is 0 Å². The lowest BCUT2D eigenvalue weighted by Crippen LogP contribution is -2.13. The third-order valence-electron chi connectivity index (χ3n) is 2.19. The molecule has 0 fully saturated rings. The molecule has 5 heteroatoms. The van der Waals surface area contributed by atoms with E-state index in [0.29, 0.717) is 6.61 Å². The maximum Gasteiger partial charge on any atom is 0.107 e. The van der Waals surface area contributed by atoms with Gasteiger partial charge in [0.25, 0.3) is 0 Å². The zero-order valence-corrected chi connectivity index (χ0v) is 11.5. The number of rotatable bonds is 10. The Morgan fingerprint density at radius 3 is 3.06 bits per heavy atom. The van der Waals surface area contributed by atoms with Gasteiger partial charge in [-0.15, -0.1) is 11.3 Å². The highest BCUT2D eigenvalue weighted by Gasteiger charge is 2.01. The van der Waals surface area contributed by atoms with Crippen LogP contribution in [0.4, 0.5) is 0 Å². The molecular weight excluding hydrogens is 236 g/mol. The van der Waals surface area contributed by atoms with Crippen LogP contribution in [0.3, 0.4) is 0 Å². The number of hydrogen-bond acceptors (Lipinski definition) is 5. The average molecular weight is 258 g/mol. The molecule has 1 aromatic rings.